The monoisotopic (exact) mass is 298 g/mol. The highest BCUT2D eigenvalue weighted by Crippen LogP contribution is 2.21. The Balaban J connectivity index is 1.49. The minimum atomic E-state index is -0.0471. The van der Waals surface area contributed by atoms with Crippen LogP contribution in [0.2, 0.25) is 0 Å². The number of likely N-dealkylation sites (tertiary alicyclic amines) is 1. The van der Waals surface area contributed by atoms with E-state index in [-0.39, 0.29) is 17.9 Å². The number of nitrogens with zero attached hydrogens (tertiary/aromatic N) is 1. The molecule has 1 aliphatic carbocycles. The molecule has 1 fully saturated rings. The fraction of sp³-hybridized carbons (Fsp3) is 0.444. The van der Waals surface area contributed by atoms with Crippen molar-refractivity contribution in [3.63, 3.8) is 0 Å². The van der Waals surface area contributed by atoms with Crippen molar-refractivity contribution < 1.29 is 9.59 Å². The van der Waals surface area contributed by atoms with Gasteiger partial charge in [-0.1, -0.05) is 42.5 Å². The van der Waals surface area contributed by atoms with Crippen molar-refractivity contribution in [2.75, 3.05) is 6.54 Å². The number of benzene rings is 1. The number of amides is 2. The van der Waals surface area contributed by atoms with E-state index < -0.39 is 0 Å². The van der Waals surface area contributed by atoms with E-state index in [9.17, 15) is 9.59 Å². The molecule has 22 heavy (non-hydrogen) atoms. The van der Waals surface area contributed by atoms with Crippen molar-refractivity contribution in [1.82, 2.24) is 10.2 Å². The molecule has 1 aliphatic heterocycles. The van der Waals surface area contributed by atoms with Crippen molar-refractivity contribution in [2.45, 2.75) is 38.3 Å². The molecular formula is C18H22N2O2. The lowest BCUT2D eigenvalue weighted by molar-refractivity contribution is -0.128. The Morgan fingerprint density at radius 1 is 1.27 bits per heavy atom. The molecule has 0 spiro atoms. The van der Waals surface area contributed by atoms with Crippen LogP contribution in [-0.2, 0) is 16.1 Å². The van der Waals surface area contributed by atoms with Crippen LogP contribution in [-0.4, -0.2) is 29.3 Å². The summed E-state index contributed by atoms with van der Waals surface area (Å²) in [6.07, 6.45) is 7.36. The molecule has 3 rings (SSSR count). The second-order valence-electron chi connectivity index (χ2n) is 6.20. The number of carbonyl (C=O) groups excluding carboxylic acids is 2. The quantitative estimate of drug-likeness (QED) is 0.848. The lowest BCUT2D eigenvalue weighted by Crippen LogP contribution is -2.37. The molecule has 1 aromatic rings. The van der Waals surface area contributed by atoms with Gasteiger partial charge >= 0.3 is 0 Å². The predicted octanol–water partition coefficient (Wildman–Crippen LogP) is 2.26. The van der Waals surface area contributed by atoms with Gasteiger partial charge in [-0.25, -0.2) is 0 Å². The third-order valence-electron chi connectivity index (χ3n) is 4.36. The van der Waals surface area contributed by atoms with Gasteiger partial charge in [0.1, 0.15) is 0 Å². The zero-order valence-corrected chi connectivity index (χ0v) is 12.7. The number of allylic oxidation sites excluding steroid dienone is 2. The molecule has 2 amide bonds. The molecule has 1 heterocycles. The first kappa shape index (κ1) is 14.8. The largest absolute Gasteiger partial charge is 0.351 e. The first-order valence-corrected chi connectivity index (χ1v) is 7.98. The van der Waals surface area contributed by atoms with Gasteiger partial charge < -0.3 is 10.2 Å². The van der Waals surface area contributed by atoms with Crippen molar-refractivity contribution in [1.29, 1.82) is 0 Å². The normalized spacial score (nSPS) is 24.0. The van der Waals surface area contributed by atoms with Crippen molar-refractivity contribution >= 4 is 11.8 Å². The number of hydrogen-bond acceptors (Lipinski definition) is 2. The van der Waals surface area contributed by atoms with Gasteiger partial charge in [0.2, 0.25) is 11.8 Å². The van der Waals surface area contributed by atoms with Crippen LogP contribution in [0.5, 0.6) is 0 Å². The molecule has 2 aliphatic rings. The van der Waals surface area contributed by atoms with Gasteiger partial charge in [-0.2, -0.15) is 0 Å². The van der Waals surface area contributed by atoms with Gasteiger partial charge in [0, 0.05) is 25.9 Å². The smallest absolute Gasteiger partial charge is 0.225 e. The van der Waals surface area contributed by atoms with Crippen LogP contribution >= 0.6 is 0 Å². The summed E-state index contributed by atoms with van der Waals surface area (Å²) in [5.74, 6) is 0.559. The van der Waals surface area contributed by atoms with Crippen LogP contribution in [0.25, 0.3) is 0 Å². The molecule has 116 valence electrons. The van der Waals surface area contributed by atoms with Gasteiger partial charge in [0.15, 0.2) is 0 Å². The van der Waals surface area contributed by atoms with Crippen LogP contribution < -0.4 is 5.32 Å². The maximum atomic E-state index is 12.1. The molecule has 0 saturated carbocycles. The first-order valence-electron chi connectivity index (χ1n) is 7.98. The molecule has 2 atom stereocenters. The van der Waals surface area contributed by atoms with Gasteiger partial charge in [0.05, 0.1) is 6.04 Å². The van der Waals surface area contributed by atoms with Crippen molar-refractivity contribution in [3.8, 4) is 0 Å². The first-order chi connectivity index (χ1) is 10.7. The average Bonchev–Trinajstić information content (AvgIpc) is 3.11. The highest BCUT2D eigenvalue weighted by atomic mass is 16.2. The lowest BCUT2D eigenvalue weighted by Gasteiger charge is -2.17. The number of rotatable bonds is 5. The number of nitrogens with one attached hydrogen (secondary N) is 1. The molecule has 0 bridgehead atoms. The highest BCUT2D eigenvalue weighted by Gasteiger charge is 2.30. The Bertz CT molecular complexity index is 568. The Labute approximate surface area is 131 Å². The van der Waals surface area contributed by atoms with E-state index in [1.54, 1.807) is 0 Å². The molecule has 0 aromatic heterocycles. The molecule has 1 aromatic carbocycles. The Morgan fingerprint density at radius 2 is 2.09 bits per heavy atom. The second kappa shape index (κ2) is 6.77. The van der Waals surface area contributed by atoms with Crippen LogP contribution in [0.15, 0.2) is 42.5 Å². The topological polar surface area (TPSA) is 49.4 Å². The maximum Gasteiger partial charge on any atom is 0.225 e. The van der Waals surface area contributed by atoms with E-state index >= 15 is 0 Å². The van der Waals surface area contributed by atoms with Gasteiger partial charge in [0.25, 0.3) is 0 Å². The van der Waals surface area contributed by atoms with E-state index in [1.165, 1.54) is 0 Å². The molecule has 0 radical (unpaired) electrons. The third-order valence-corrected chi connectivity index (χ3v) is 4.36. The minimum Gasteiger partial charge on any atom is -0.351 e. The van der Waals surface area contributed by atoms with Crippen molar-refractivity contribution in [2.24, 2.45) is 5.92 Å². The Kier molecular flexibility index (Phi) is 4.56. The SMILES string of the molecule is O=C(C[C@H]1C=CCC1)N[C@H]1CC(=O)N(Cc2ccccc2)C1. The maximum absolute atomic E-state index is 12.1. The summed E-state index contributed by atoms with van der Waals surface area (Å²) >= 11 is 0. The zero-order chi connectivity index (χ0) is 15.4. The summed E-state index contributed by atoms with van der Waals surface area (Å²) in [6.45, 7) is 1.23. The summed E-state index contributed by atoms with van der Waals surface area (Å²) in [5, 5.41) is 3.02. The molecule has 0 unspecified atom stereocenters. The van der Waals surface area contributed by atoms with Gasteiger partial charge in [-0.05, 0) is 24.3 Å². The molecule has 4 heteroatoms. The van der Waals surface area contributed by atoms with Crippen LogP contribution in [0.4, 0.5) is 0 Å². The Morgan fingerprint density at radius 3 is 2.82 bits per heavy atom. The summed E-state index contributed by atoms with van der Waals surface area (Å²) in [6, 6.07) is 9.91. The third kappa shape index (κ3) is 3.75. The molecular weight excluding hydrogens is 276 g/mol. The zero-order valence-electron chi connectivity index (χ0n) is 12.7. The van der Waals surface area contributed by atoms with Crippen LogP contribution in [0.3, 0.4) is 0 Å². The van der Waals surface area contributed by atoms with E-state index in [0.29, 0.717) is 31.8 Å². The summed E-state index contributed by atoms with van der Waals surface area (Å²) in [5.41, 5.74) is 1.12. The van der Waals surface area contributed by atoms with E-state index in [0.717, 1.165) is 18.4 Å². The fourth-order valence-electron chi connectivity index (χ4n) is 3.22. The second-order valence-corrected chi connectivity index (χ2v) is 6.20. The predicted molar refractivity (Wildman–Crippen MR) is 84.9 cm³/mol. The Hall–Kier alpha value is -2.10. The van der Waals surface area contributed by atoms with E-state index in [4.69, 9.17) is 0 Å². The van der Waals surface area contributed by atoms with Crippen LogP contribution in [0.1, 0.15) is 31.2 Å². The highest BCUT2D eigenvalue weighted by molar-refractivity contribution is 5.82. The average molecular weight is 298 g/mol. The fourth-order valence-corrected chi connectivity index (χ4v) is 3.22. The van der Waals surface area contributed by atoms with Crippen LogP contribution in [0, 0.1) is 5.92 Å². The van der Waals surface area contributed by atoms with Gasteiger partial charge in [-0.15, -0.1) is 0 Å². The molecule has 4 nitrogen and oxygen atoms in total. The minimum absolute atomic E-state index is 0.0471. The van der Waals surface area contributed by atoms with Crippen molar-refractivity contribution in [3.05, 3.63) is 48.0 Å². The number of carbonyl (C=O) groups is 2. The van der Waals surface area contributed by atoms with E-state index in [1.807, 2.05) is 35.2 Å². The molecule has 1 N–H and O–H groups in total. The standard InChI is InChI=1S/C18H22N2O2/c21-17(10-14-6-4-5-7-14)19-16-11-18(22)20(13-16)12-15-8-2-1-3-9-15/h1-4,6,8-9,14,16H,5,7,10-13H2,(H,19,21)/t14-,16-/m0/s1. The summed E-state index contributed by atoms with van der Waals surface area (Å²) < 4.78 is 0. The van der Waals surface area contributed by atoms with E-state index in [2.05, 4.69) is 17.5 Å². The number of hydrogen-bond donors (Lipinski definition) is 1. The molecule has 1 saturated heterocycles. The lowest BCUT2D eigenvalue weighted by atomic mass is 10.0. The summed E-state index contributed by atoms with van der Waals surface area (Å²) in [4.78, 5) is 26.0. The van der Waals surface area contributed by atoms with Gasteiger partial charge in [-0.3, -0.25) is 9.59 Å². The summed E-state index contributed by atoms with van der Waals surface area (Å²) in [7, 11) is 0.